The number of ether oxygens (including phenoxy) is 1. The molecule has 1 rings (SSSR count). The summed E-state index contributed by atoms with van der Waals surface area (Å²) in [5.74, 6) is 2.65. The highest BCUT2D eigenvalue weighted by atomic mass is 32.2. The number of rotatable bonds is 3. The van der Waals surface area contributed by atoms with E-state index in [2.05, 4.69) is 13.8 Å². The van der Waals surface area contributed by atoms with E-state index in [1.54, 1.807) is 0 Å². The molecule has 0 saturated carbocycles. The monoisotopic (exact) mass is 173 g/mol. The number of hydrogen-bond acceptors (Lipinski definition) is 2. The summed E-state index contributed by atoms with van der Waals surface area (Å²) in [6, 6.07) is 0. The summed E-state index contributed by atoms with van der Waals surface area (Å²) in [4.78, 5) is 0. The van der Waals surface area contributed by atoms with E-state index in [0.29, 0.717) is 5.44 Å². The molecular weight excluding hydrogens is 156 g/mol. The second kappa shape index (κ2) is 5.04. The SMILES string of the molecule is C[C](C)CSC1CCCCO1. The van der Waals surface area contributed by atoms with Gasteiger partial charge in [-0.2, -0.15) is 0 Å². The Morgan fingerprint density at radius 2 is 2.27 bits per heavy atom. The number of thioether (sulfide) groups is 1. The summed E-state index contributed by atoms with van der Waals surface area (Å²) < 4.78 is 5.58. The van der Waals surface area contributed by atoms with Crippen LogP contribution in [0.2, 0.25) is 0 Å². The van der Waals surface area contributed by atoms with Gasteiger partial charge in [-0.3, -0.25) is 0 Å². The van der Waals surface area contributed by atoms with E-state index in [0.717, 1.165) is 12.4 Å². The fourth-order valence-corrected chi connectivity index (χ4v) is 2.15. The van der Waals surface area contributed by atoms with Crippen molar-refractivity contribution >= 4 is 11.8 Å². The van der Waals surface area contributed by atoms with Gasteiger partial charge in [0.1, 0.15) is 5.44 Å². The van der Waals surface area contributed by atoms with Crippen molar-refractivity contribution in [2.24, 2.45) is 0 Å². The number of hydrogen-bond donors (Lipinski definition) is 0. The minimum Gasteiger partial charge on any atom is -0.368 e. The van der Waals surface area contributed by atoms with Crippen molar-refractivity contribution in [1.82, 2.24) is 0 Å². The van der Waals surface area contributed by atoms with Gasteiger partial charge in [0, 0.05) is 12.4 Å². The summed E-state index contributed by atoms with van der Waals surface area (Å²) in [6.45, 7) is 5.33. The highest BCUT2D eigenvalue weighted by Crippen LogP contribution is 2.25. The van der Waals surface area contributed by atoms with Crippen LogP contribution in [0, 0.1) is 5.92 Å². The lowest BCUT2D eigenvalue weighted by molar-refractivity contribution is 0.0729. The van der Waals surface area contributed by atoms with Gasteiger partial charge in [-0.05, 0) is 25.2 Å². The van der Waals surface area contributed by atoms with Crippen molar-refractivity contribution in [1.29, 1.82) is 0 Å². The lowest BCUT2D eigenvalue weighted by atomic mass is 10.2. The maximum atomic E-state index is 5.58. The Labute approximate surface area is 73.9 Å². The molecule has 0 aromatic rings. The molecule has 1 nitrogen and oxygen atoms in total. The van der Waals surface area contributed by atoms with Gasteiger partial charge in [0.2, 0.25) is 0 Å². The summed E-state index contributed by atoms with van der Waals surface area (Å²) >= 11 is 1.95. The fraction of sp³-hybridized carbons (Fsp3) is 0.889. The first-order valence-corrected chi connectivity index (χ1v) is 5.36. The first-order valence-electron chi connectivity index (χ1n) is 4.31. The van der Waals surface area contributed by atoms with Crippen LogP contribution in [0.4, 0.5) is 0 Å². The van der Waals surface area contributed by atoms with Crippen LogP contribution in [0.15, 0.2) is 0 Å². The van der Waals surface area contributed by atoms with Crippen molar-refractivity contribution in [2.75, 3.05) is 12.4 Å². The Bertz CT molecular complexity index is 97.7. The highest BCUT2D eigenvalue weighted by Gasteiger charge is 2.13. The molecule has 1 radical (unpaired) electrons. The minimum atomic E-state index is 0.485. The first kappa shape index (κ1) is 9.40. The molecule has 1 aliphatic rings. The molecule has 1 saturated heterocycles. The lowest BCUT2D eigenvalue weighted by Crippen LogP contribution is -2.16. The molecule has 1 unspecified atom stereocenters. The molecule has 1 fully saturated rings. The third kappa shape index (κ3) is 4.02. The van der Waals surface area contributed by atoms with E-state index < -0.39 is 0 Å². The zero-order valence-electron chi connectivity index (χ0n) is 7.43. The van der Waals surface area contributed by atoms with Crippen molar-refractivity contribution in [3.05, 3.63) is 5.92 Å². The molecule has 2 heteroatoms. The van der Waals surface area contributed by atoms with E-state index in [-0.39, 0.29) is 0 Å². The van der Waals surface area contributed by atoms with Crippen LogP contribution < -0.4 is 0 Å². The second-order valence-corrected chi connectivity index (χ2v) is 4.46. The summed E-state index contributed by atoms with van der Waals surface area (Å²) in [5.41, 5.74) is 0.485. The highest BCUT2D eigenvalue weighted by molar-refractivity contribution is 7.99. The molecule has 65 valence electrons. The van der Waals surface area contributed by atoms with Crippen LogP contribution >= 0.6 is 11.8 Å². The van der Waals surface area contributed by atoms with Gasteiger partial charge in [0.15, 0.2) is 0 Å². The van der Waals surface area contributed by atoms with Gasteiger partial charge < -0.3 is 4.74 Å². The maximum Gasteiger partial charge on any atom is 0.103 e. The van der Waals surface area contributed by atoms with Crippen LogP contribution in [0.5, 0.6) is 0 Å². The largest absolute Gasteiger partial charge is 0.368 e. The van der Waals surface area contributed by atoms with E-state index in [9.17, 15) is 0 Å². The molecule has 0 spiro atoms. The van der Waals surface area contributed by atoms with Crippen molar-refractivity contribution < 1.29 is 4.74 Å². The van der Waals surface area contributed by atoms with Gasteiger partial charge in [0.05, 0.1) is 0 Å². The predicted octanol–water partition coefficient (Wildman–Crippen LogP) is 2.86. The average Bonchev–Trinajstić information content (AvgIpc) is 2.03. The molecule has 0 aromatic carbocycles. The van der Waals surface area contributed by atoms with E-state index in [4.69, 9.17) is 4.74 Å². The first-order chi connectivity index (χ1) is 5.29. The van der Waals surface area contributed by atoms with E-state index >= 15 is 0 Å². The minimum absolute atomic E-state index is 0.485. The molecular formula is C9H17OS. The van der Waals surface area contributed by atoms with Gasteiger partial charge >= 0.3 is 0 Å². The molecule has 0 N–H and O–H groups in total. The maximum absolute atomic E-state index is 5.58. The molecule has 0 aromatic heterocycles. The van der Waals surface area contributed by atoms with Crippen LogP contribution in [-0.4, -0.2) is 17.8 Å². The molecule has 0 amide bonds. The zero-order chi connectivity index (χ0) is 8.10. The van der Waals surface area contributed by atoms with Crippen molar-refractivity contribution in [2.45, 2.75) is 38.5 Å². The molecule has 0 bridgehead atoms. The topological polar surface area (TPSA) is 9.23 Å². The predicted molar refractivity (Wildman–Crippen MR) is 50.6 cm³/mol. The van der Waals surface area contributed by atoms with Crippen LogP contribution in [0.25, 0.3) is 0 Å². The third-order valence-corrected chi connectivity index (χ3v) is 3.18. The normalized spacial score (nSPS) is 25.9. The zero-order valence-corrected chi connectivity index (χ0v) is 8.25. The molecule has 0 aliphatic carbocycles. The third-order valence-electron chi connectivity index (χ3n) is 1.70. The van der Waals surface area contributed by atoms with Crippen LogP contribution in [0.3, 0.4) is 0 Å². The lowest BCUT2D eigenvalue weighted by Gasteiger charge is -2.22. The summed E-state index contributed by atoms with van der Waals surface area (Å²) in [7, 11) is 0. The van der Waals surface area contributed by atoms with Crippen molar-refractivity contribution in [3.8, 4) is 0 Å². The molecule has 11 heavy (non-hydrogen) atoms. The van der Waals surface area contributed by atoms with E-state index in [1.165, 1.54) is 25.2 Å². The van der Waals surface area contributed by atoms with Gasteiger partial charge in [-0.25, -0.2) is 0 Å². The molecule has 1 aliphatic heterocycles. The molecule has 1 heterocycles. The van der Waals surface area contributed by atoms with Crippen LogP contribution in [-0.2, 0) is 4.74 Å². The Morgan fingerprint density at radius 3 is 2.82 bits per heavy atom. The average molecular weight is 173 g/mol. The smallest absolute Gasteiger partial charge is 0.103 e. The standard InChI is InChI=1S/C9H17OS/c1-8(2)7-11-9-5-3-4-6-10-9/h9H,3-7H2,1-2H3. The van der Waals surface area contributed by atoms with Crippen LogP contribution in [0.1, 0.15) is 33.1 Å². The fourth-order valence-electron chi connectivity index (χ4n) is 1.10. The van der Waals surface area contributed by atoms with E-state index in [1.807, 2.05) is 11.8 Å². The Kier molecular flexibility index (Phi) is 4.31. The Morgan fingerprint density at radius 1 is 1.45 bits per heavy atom. The summed E-state index contributed by atoms with van der Waals surface area (Å²) in [6.07, 6.45) is 3.85. The summed E-state index contributed by atoms with van der Waals surface area (Å²) in [5, 5.41) is 0. The van der Waals surface area contributed by atoms with Gasteiger partial charge in [-0.1, -0.05) is 13.8 Å². The second-order valence-electron chi connectivity index (χ2n) is 3.31. The quantitative estimate of drug-likeness (QED) is 0.649. The Balaban J connectivity index is 2.05. The van der Waals surface area contributed by atoms with Gasteiger partial charge in [-0.15, -0.1) is 11.8 Å². The molecule has 1 atom stereocenters. The van der Waals surface area contributed by atoms with Crippen molar-refractivity contribution in [3.63, 3.8) is 0 Å². The Hall–Kier alpha value is 0.310. The van der Waals surface area contributed by atoms with Gasteiger partial charge in [0.25, 0.3) is 0 Å².